The van der Waals surface area contributed by atoms with Crippen LogP contribution in [0.15, 0.2) is 24.7 Å². The van der Waals surface area contributed by atoms with Crippen molar-refractivity contribution in [3.8, 4) is 0 Å². The Labute approximate surface area is 140 Å². The number of ether oxygens (including phenoxy) is 1. The van der Waals surface area contributed by atoms with Crippen molar-refractivity contribution in [1.82, 2.24) is 24.6 Å². The van der Waals surface area contributed by atoms with E-state index in [0.29, 0.717) is 12.2 Å². The van der Waals surface area contributed by atoms with Crippen LogP contribution in [-0.4, -0.2) is 50.3 Å². The molecular weight excluding hydrogens is 341 g/mol. The van der Waals surface area contributed by atoms with E-state index >= 15 is 0 Å². The number of anilines is 1. The van der Waals surface area contributed by atoms with Gasteiger partial charge in [0, 0.05) is 25.1 Å². The van der Waals surface area contributed by atoms with Crippen molar-refractivity contribution in [2.45, 2.75) is 18.8 Å². The van der Waals surface area contributed by atoms with Gasteiger partial charge in [0.25, 0.3) is 0 Å². The zero-order valence-corrected chi connectivity index (χ0v) is 13.0. The summed E-state index contributed by atoms with van der Waals surface area (Å²) in [5.41, 5.74) is 5.16. The van der Waals surface area contributed by atoms with Crippen molar-refractivity contribution in [3.63, 3.8) is 0 Å². The third-order valence-electron chi connectivity index (χ3n) is 3.71. The van der Waals surface area contributed by atoms with E-state index in [2.05, 4.69) is 15.1 Å². The van der Waals surface area contributed by atoms with Crippen molar-refractivity contribution >= 4 is 11.7 Å². The molecule has 1 aliphatic heterocycles. The van der Waals surface area contributed by atoms with Crippen LogP contribution >= 0.6 is 0 Å². The summed E-state index contributed by atoms with van der Waals surface area (Å²) in [7, 11) is 0. The molecule has 0 radical (unpaired) electrons. The van der Waals surface area contributed by atoms with Gasteiger partial charge in [0.2, 0.25) is 5.91 Å². The van der Waals surface area contributed by atoms with Gasteiger partial charge >= 0.3 is 6.18 Å². The summed E-state index contributed by atoms with van der Waals surface area (Å²) in [6.07, 6.45) is -1.03. The fourth-order valence-corrected chi connectivity index (χ4v) is 2.49. The molecule has 3 rings (SSSR count). The first kappa shape index (κ1) is 17.1. The molecule has 1 saturated heterocycles. The van der Waals surface area contributed by atoms with Crippen molar-refractivity contribution in [1.29, 1.82) is 0 Å². The average molecular weight is 356 g/mol. The molecule has 8 nitrogen and oxygen atoms in total. The van der Waals surface area contributed by atoms with Crippen molar-refractivity contribution in [2.24, 2.45) is 0 Å². The fourth-order valence-electron chi connectivity index (χ4n) is 2.49. The van der Waals surface area contributed by atoms with Gasteiger partial charge < -0.3 is 15.4 Å². The zero-order valence-electron chi connectivity index (χ0n) is 13.0. The monoisotopic (exact) mass is 356 g/mol. The highest BCUT2D eigenvalue weighted by atomic mass is 19.4. The van der Waals surface area contributed by atoms with Crippen LogP contribution in [0.5, 0.6) is 0 Å². The lowest BCUT2D eigenvalue weighted by Gasteiger charge is -2.32. The van der Waals surface area contributed by atoms with E-state index in [-0.39, 0.29) is 31.4 Å². The molecule has 2 aromatic rings. The Morgan fingerprint density at radius 1 is 1.36 bits per heavy atom. The molecule has 0 unspecified atom stereocenters. The van der Waals surface area contributed by atoms with E-state index < -0.39 is 18.0 Å². The average Bonchev–Trinajstić information content (AvgIpc) is 3.04. The molecule has 11 heteroatoms. The summed E-state index contributed by atoms with van der Waals surface area (Å²) in [6.45, 7) is 0.482. The number of amides is 1. The van der Waals surface area contributed by atoms with Gasteiger partial charge in [-0.05, 0) is 6.07 Å². The number of nitrogen functional groups attached to an aromatic ring is 1. The molecule has 1 fully saturated rings. The first-order valence-electron chi connectivity index (χ1n) is 7.41. The second kappa shape index (κ2) is 6.67. The van der Waals surface area contributed by atoms with Crippen LogP contribution in [0.25, 0.3) is 0 Å². The number of carbonyl (C=O) groups excluding carboxylic acids is 1. The highest BCUT2D eigenvalue weighted by molar-refractivity contribution is 5.76. The maximum Gasteiger partial charge on any atom is 0.435 e. The van der Waals surface area contributed by atoms with E-state index in [1.54, 1.807) is 0 Å². The lowest BCUT2D eigenvalue weighted by atomic mass is 10.2. The molecule has 0 aromatic carbocycles. The van der Waals surface area contributed by atoms with E-state index in [4.69, 9.17) is 10.5 Å². The predicted molar refractivity (Wildman–Crippen MR) is 78.9 cm³/mol. The van der Waals surface area contributed by atoms with E-state index in [0.717, 1.165) is 16.9 Å². The van der Waals surface area contributed by atoms with Gasteiger partial charge in [0.05, 0.1) is 13.2 Å². The summed E-state index contributed by atoms with van der Waals surface area (Å²) in [5.74, 6) is -0.156. The molecule has 2 N–H and O–H groups in total. The van der Waals surface area contributed by atoms with Crippen LogP contribution < -0.4 is 5.73 Å². The SMILES string of the molecule is Nc1nccnc1[C@H]1CN(C(=O)Cn2ccc(C(F)(F)F)n2)CCO1. The second-order valence-corrected chi connectivity index (χ2v) is 5.42. The lowest BCUT2D eigenvalue weighted by Crippen LogP contribution is -2.44. The van der Waals surface area contributed by atoms with E-state index in [9.17, 15) is 18.0 Å². The normalized spacial score (nSPS) is 18.4. The fraction of sp³-hybridized carbons (Fsp3) is 0.429. The van der Waals surface area contributed by atoms with Crippen LogP contribution in [0.3, 0.4) is 0 Å². The molecule has 1 aliphatic rings. The number of carbonyl (C=O) groups is 1. The summed E-state index contributed by atoms with van der Waals surface area (Å²) >= 11 is 0. The van der Waals surface area contributed by atoms with Gasteiger partial charge in [-0.2, -0.15) is 18.3 Å². The van der Waals surface area contributed by atoms with Gasteiger partial charge in [-0.15, -0.1) is 0 Å². The Morgan fingerprint density at radius 3 is 2.80 bits per heavy atom. The molecular formula is C14H15F3N6O2. The minimum absolute atomic E-state index is 0.190. The Kier molecular flexibility index (Phi) is 4.57. The molecule has 134 valence electrons. The highest BCUT2D eigenvalue weighted by Gasteiger charge is 2.34. The summed E-state index contributed by atoms with van der Waals surface area (Å²) in [5, 5.41) is 3.38. The lowest BCUT2D eigenvalue weighted by molar-refractivity contribution is -0.143. The summed E-state index contributed by atoms with van der Waals surface area (Å²) in [6, 6.07) is 0.829. The quantitative estimate of drug-likeness (QED) is 0.876. The van der Waals surface area contributed by atoms with Gasteiger partial charge in [0.1, 0.15) is 24.2 Å². The molecule has 0 spiro atoms. The molecule has 3 heterocycles. The zero-order chi connectivity index (χ0) is 18.0. The van der Waals surface area contributed by atoms with Gasteiger partial charge in [-0.3, -0.25) is 14.5 Å². The van der Waals surface area contributed by atoms with Crippen LogP contribution in [0.2, 0.25) is 0 Å². The van der Waals surface area contributed by atoms with Crippen molar-refractivity contribution < 1.29 is 22.7 Å². The summed E-state index contributed by atoms with van der Waals surface area (Å²) in [4.78, 5) is 21.9. The Hall–Kier alpha value is -2.69. The molecule has 0 aliphatic carbocycles. The number of aromatic nitrogens is 4. The largest absolute Gasteiger partial charge is 0.435 e. The first-order chi connectivity index (χ1) is 11.8. The standard InChI is InChI=1S/C14H15F3N6O2/c15-14(16,17)10-1-4-23(21-10)8-11(24)22-5-6-25-9(7-22)12-13(18)20-3-2-19-12/h1-4,9H,5-8H2,(H2,18,20)/t9-/m1/s1. The third kappa shape index (κ3) is 3.87. The topological polar surface area (TPSA) is 99.2 Å². The summed E-state index contributed by atoms with van der Waals surface area (Å²) < 4.78 is 44.2. The van der Waals surface area contributed by atoms with E-state index in [1.807, 2.05) is 0 Å². The number of nitrogens with zero attached hydrogens (tertiary/aromatic N) is 5. The number of rotatable bonds is 3. The Morgan fingerprint density at radius 2 is 2.12 bits per heavy atom. The number of hydrogen-bond acceptors (Lipinski definition) is 6. The van der Waals surface area contributed by atoms with Gasteiger partial charge in [-0.25, -0.2) is 4.98 Å². The highest BCUT2D eigenvalue weighted by Crippen LogP contribution is 2.27. The second-order valence-electron chi connectivity index (χ2n) is 5.42. The number of alkyl halides is 3. The van der Waals surface area contributed by atoms with Crippen LogP contribution in [0.4, 0.5) is 19.0 Å². The third-order valence-corrected chi connectivity index (χ3v) is 3.71. The predicted octanol–water partition coefficient (Wildman–Crippen LogP) is 0.874. The molecule has 1 atom stereocenters. The molecule has 1 amide bonds. The van der Waals surface area contributed by atoms with Crippen LogP contribution in [-0.2, 0) is 22.3 Å². The Bertz CT molecular complexity index is 763. The molecule has 0 saturated carbocycles. The number of nitrogens with two attached hydrogens (primary N) is 1. The van der Waals surface area contributed by atoms with Crippen molar-refractivity contribution in [3.05, 3.63) is 36.0 Å². The number of hydrogen-bond donors (Lipinski definition) is 1. The van der Waals surface area contributed by atoms with Gasteiger partial charge in [-0.1, -0.05) is 0 Å². The number of morpholine rings is 1. The minimum atomic E-state index is -4.54. The minimum Gasteiger partial charge on any atom is -0.382 e. The number of halogens is 3. The maximum absolute atomic E-state index is 12.6. The maximum atomic E-state index is 12.6. The van der Waals surface area contributed by atoms with Crippen LogP contribution in [0, 0.1) is 0 Å². The first-order valence-corrected chi connectivity index (χ1v) is 7.41. The van der Waals surface area contributed by atoms with Gasteiger partial charge in [0.15, 0.2) is 5.69 Å². The van der Waals surface area contributed by atoms with Crippen LogP contribution in [0.1, 0.15) is 17.5 Å². The molecule has 0 bridgehead atoms. The Balaban J connectivity index is 1.66. The van der Waals surface area contributed by atoms with E-state index in [1.165, 1.54) is 17.3 Å². The molecule has 2 aromatic heterocycles. The molecule has 25 heavy (non-hydrogen) atoms. The van der Waals surface area contributed by atoms with Crippen molar-refractivity contribution in [2.75, 3.05) is 25.4 Å². The smallest absolute Gasteiger partial charge is 0.382 e.